The second-order valence-electron chi connectivity index (χ2n) is 3.69. The lowest BCUT2D eigenvalue weighted by molar-refractivity contribution is -0.121. The van der Waals surface area contributed by atoms with Crippen LogP contribution in [0.2, 0.25) is 5.02 Å². The monoisotopic (exact) mass is 241 g/mol. The number of amides is 1. The summed E-state index contributed by atoms with van der Waals surface area (Å²) in [6.07, 6.45) is 0. The van der Waals surface area contributed by atoms with Crippen LogP contribution in [0.3, 0.4) is 0 Å². The Hall–Kier alpha value is -1.26. The summed E-state index contributed by atoms with van der Waals surface area (Å²) in [5.74, 6) is -0.0249. The average molecular weight is 242 g/mol. The van der Waals surface area contributed by atoms with Crippen molar-refractivity contribution in [3.05, 3.63) is 28.8 Å². The number of anilines is 1. The molecule has 0 unspecified atom stereocenters. The van der Waals surface area contributed by atoms with E-state index in [1.807, 2.05) is 18.0 Å². The Morgan fingerprint density at radius 3 is 2.88 bits per heavy atom. The minimum Gasteiger partial charge on any atom is -0.398 e. The van der Waals surface area contributed by atoms with Crippen LogP contribution in [0.1, 0.15) is 5.56 Å². The fraction of sp³-hybridized carbons (Fsp3) is 0.364. The first-order valence-corrected chi connectivity index (χ1v) is 5.33. The molecule has 0 bridgehead atoms. The van der Waals surface area contributed by atoms with Gasteiger partial charge in [0.1, 0.15) is 0 Å². The number of hydrogen-bond acceptors (Lipinski definition) is 3. The summed E-state index contributed by atoms with van der Waals surface area (Å²) in [4.78, 5) is 13.0. The van der Waals surface area contributed by atoms with Gasteiger partial charge >= 0.3 is 0 Å². The maximum atomic E-state index is 11.2. The van der Waals surface area contributed by atoms with Crippen molar-refractivity contribution in [3.63, 3.8) is 0 Å². The first-order chi connectivity index (χ1) is 7.52. The van der Waals surface area contributed by atoms with Gasteiger partial charge in [-0.05, 0) is 30.8 Å². The Bertz CT molecular complexity index is 381. The highest BCUT2D eigenvalue weighted by molar-refractivity contribution is 6.30. The number of benzene rings is 1. The Balaban J connectivity index is 2.65. The van der Waals surface area contributed by atoms with Crippen molar-refractivity contribution in [3.8, 4) is 0 Å². The van der Waals surface area contributed by atoms with E-state index in [0.717, 1.165) is 5.56 Å². The minimum atomic E-state index is -0.0249. The lowest BCUT2D eigenvalue weighted by Gasteiger charge is -2.16. The van der Waals surface area contributed by atoms with E-state index in [-0.39, 0.29) is 5.91 Å². The number of carbonyl (C=O) groups is 1. The summed E-state index contributed by atoms with van der Waals surface area (Å²) in [5.41, 5.74) is 7.43. The van der Waals surface area contributed by atoms with Crippen LogP contribution < -0.4 is 11.1 Å². The highest BCUT2D eigenvalue weighted by Crippen LogP contribution is 2.18. The molecule has 4 nitrogen and oxygen atoms in total. The molecule has 3 N–H and O–H groups in total. The molecule has 0 heterocycles. The van der Waals surface area contributed by atoms with Crippen LogP contribution in [-0.2, 0) is 11.3 Å². The zero-order valence-electron chi connectivity index (χ0n) is 9.46. The minimum absolute atomic E-state index is 0.0249. The molecule has 0 atom stereocenters. The second-order valence-corrected chi connectivity index (χ2v) is 4.13. The number of halogens is 1. The van der Waals surface area contributed by atoms with Gasteiger partial charge in [-0.3, -0.25) is 9.69 Å². The lowest BCUT2D eigenvalue weighted by atomic mass is 10.1. The summed E-state index contributed by atoms with van der Waals surface area (Å²) in [7, 11) is 3.47. The van der Waals surface area contributed by atoms with Gasteiger partial charge in [0.2, 0.25) is 5.91 Å². The molecule has 88 valence electrons. The number of hydrogen-bond donors (Lipinski definition) is 2. The van der Waals surface area contributed by atoms with Crippen LogP contribution in [0.25, 0.3) is 0 Å². The highest BCUT2D eigenvalue weighted by Gasteiger charge is 2.07. The molecular weight excluding hydrogens is 226 g/mol. The van der Waals surface area contributed by atoms with E-state index in [9.17, 15) is 4.79 Å². The van der Waals surface area contributed by atoms with E-state index in [0.29, 0.717) is 23.8 Å². The predicted molar refractivity (Wildman–Crippen MR) is 66.3 cm³/mol. The quantitative estimate of drug-likeness (QED) is 0.777. The summed E-state index contributed by atoms with van der Waals surface area (Å²) in [6, 6.07) is 5.34. The number of nitrogens with one attached hydrogen (secondary N) is 1. The molecule has 0 saturated heterocycles. The van der Waals surface area contributed by atoms with E-state index < -0.39 is 0 Å². The van der Waals surface area contributed by atoms with Crippen molar-refractivity contribution in [1.29, 1.82) is 0 Å². The Morgan fingerprint density at radius 1 is 1.56 bits per heavy atom. The topological polar surface area (TPSA) is 58.4 Å². The zero-order valence-corrected chi connectivity index (χ0v) is 10.2. The first kappa shape index (κ1) is 12.8. The van der Waals surface area contributed by atoms with Crippen molar-refractivity contribution >= 4 is 23.2 Å². The molecule has 16 heavy (non-hydrogen) atoms. The maximum absolute atomic E-state index is 11.2. The van der Waals surface area contributed by atoms with E-state index in [1.54, 1.807) is 19.2 Å². The molecule has 1 amide bonds. The van der Waals surface area contributed by atoms with Crippen LogP contribution >= 0.6 is 11.6 Å². The Kier molecular flexibility index (Phi) is 4.58. The van der Waals surface area contributed by atoms with Crippen LogP contribution in [0.5, 0.6) is 0 Å². The zero-order chi connectivity index (χ0) is 12.1. The van der Waals surface area contributed by atoms with Gasteiger partial charge in [-0.15, -0.1) is 0 Å². The molecule has 0 aromatic heterocycles. The normalized spacial score (nSPS) is 10.5. The molecule has 0 aliphatic heterocycles. The number of nitrogen functional groups attached to an aromatic ring is 1. The summed E-state index contributed by atoms with van der Waals surface area (Å²) in [6.45, 7) is 0.933. The molecule has 0 spiro atoms. The molecule has 0 radical (unpaired) electrons. The predicted octanol–water partition coefficient (Wildman–Crippen LogP) is 1.10. The third-order valence-electron chi connectivity index (χ3n) is 2.24. The van der Waals surface area contributed by atoms with Crippen molar-refractivity contribution in [2.75, 3.05) is 26.4 Å². The molecular formula is C11H16ClN3O. The number of nitrogens with two attached hydrogens (primary N) is 1. The van der Waals surface area contributed by atoms with Crippen molar-refractivity contribution in [2.24, 2.45) is 0 Å². The number of likely N-dealkylation sites (N-methyl/N-ethyl adjacent to an activating group) is 2. The summed E-state index contributed by atoms with van der Waals surface area (Å²) in [5, 5.41) is 3.22. The van der Waals surface area contributed by atoms with E-state index in [1.165, 1.54) is 0 Å². The maximum Gasteiger partial charge on any atom is 0.233 e. The molecule has 1 aromatic carbocycles. The van der Waals surface area contributed by atoms with Gasteiger partial charge in [-0.1, -0.05) is 11.6 Å². The molecule has 0 aliphatic rings. The molecule has 5 heteroatoms. The van der Waals surface area contributed by atoms with E-state index in [4.69, 9.17) is 17.3 Å². The molecule has 0 fully saturated rings. The van der Waals surface area contributed by atoms with Gasteiger partial charge in [0.15, 0.2) is 0 Å². The standard InChI is InChI=1S/C11H16ClN3O/c1-14-11(16)7-15(2)6-8-5-9(12)3-4-10(8)13/h3-5H,6-7,13H2,1-2H3,(H,14,16). The first-order valence-electron chi connectivity index (χ1n) is 4.96. The molecule has 1 aromatic rings. The van der Waals surface area contributed by atoms with Crippen LogP contribution in [0.15, 0.2) is 18.2 Å². The van der Waals surface area contributed by atoms with Crippen molar-refractivity contribution in [2.45, 2.75) is 6.54 Å². The van der Waals surface area contributed by atoms with Gasteiger partial charge < -0.3 is 11.1 Å². The number of rotatable bonds is 4. The van der Waals surface area contributed by atoms with Gasteiger partial charge in [0, 0.05) is 24.3 Å². The highest BCUT2D eigenvalue weighted by atomic mass is 35.5. The smallest absolute Gasteiger partial charge is 0.233 e. The fourth-order valence-electron chi connectivity index (χ4n) is 1.38. The lowest BCUT2D eigenvalue weighted by Crippen LogP contribution is -2.32. The van der Waals surface area contributed by atoms with Crippen molar-refractivity contribution < 1.29 is 4.79 Å². The molecule has 0 aliphatic carbocycles. The van der Waals surface area contributed by atoms with Gasteiger partial charge in [-0.25, -0.2) is 0 Å². The van der Waals surface area contributed by atoms with Gasteiger partial charge in [-0.2, -0.15) is 0 Å². The van der Waals surface area contributed by atoms with E-state index >= 15 is 0 Å². The van der Waals surface area contributed by atoms with Crippen LogP contribution in [0, 0.1) is 0 Å². The third-order valence-corrected chi connectivity index (χ3v) is 2.47. The number of carbonyl (C=O) groups excluding carboxylic acids is 1. The largest absolute Gasteiger partial charge is 0.398 e. The van der Waals surface area contributed by atoms with Crippen LogP contribution in [-0.4, -0.2) is 31.4 Å². The van der Waals surface area contributed by atoms with Gasteiger partial charge in [0.05, 0.1) is 6.54 Å². The number of nitrogens with zero attached hydrogens (tertiary/aromatic N) is 1. The third kappa shape index (κ3) is 3.72. The van der Waals surface area contributed by atoms with E-state index in [2.05, 4.69) is 5.32 Å². The average Bonchev–Trinajstić information content (AvgIpc) is 2.23. The fourth-order valence-corrected chi connectivity index (χ4v) is 1.58. The van der Waals surface area contributed by atoms with Crippen LogP contribution in [0.4, 0.5) is 5.69 Å². The summed E-state index contributed by atoms with van der Waals surface area (Å²) >= 11 is 5.88. The summed E-state index contributed by atoms with van der Waals surface area (Å²) < 4.78 is 0. The SMILES string of the molecule is CNC(=O)CN(C)Cc1cc(Cl)ccc1N. The van der Waals surface area contributed by atoms with Gasteiger partial charge in [0.25, 0.3) is 0 Å². The van der Waals surface area contributed by atoms with Crippen molar-refractivity contribution in [1.82, 2.24) is 10.2 Å². The second kappa shape index (κ2) is 5.72. The Morgan fingerprint density at radius 2 is 2.25 bits per heavy atom. The molecule has 1 rings (SSSR count). The molecule has 0 saturated carbocycles. The Labute approximate surface area is 100 Å².